The molecule has 0 heterocycles. The number of fused-ring (bicyclic) bond motifs is 1. The summed E-state index contributed by atoms with van der Waals surface area (Å²) in [5, 5.41) is 33.2. The predicted octanol–water partition coefficient (Wildman–Crippen LogP) is 2.82. The zero-order valence-corrected chi connectivity index (χ0v) is 13.9. The molecule has 3 atom stereocenters. The Kier molecular flexibility index (Phi) is 3.64. The van der Waals surface area contributed by atoms with Gasteiger partial charge in [0.2, 0.25) is 5.54 Å². The Balaban J connectivity index is 1.95. The maximum absolute atomic E-state index is 12.8. The highest BCUT2D eigenvalue weighted by Crippen LogP contribution is 2.65. The van der Waals surface area contributed by atoms with Gasteiger partial charge in [-0.2, -0.15) is 0 Å². The molecule has 7 heteroatoms. The first-order chi connectivity index (χ1) is 11.2. The standard InChI is InChI=1S/C17H21N3O4/c1-16(2)13-8-15(18-21)17(3,9-14(13)16)19(22)10-11-5-4-6-12(7-11)20(23)24/h4-8,10,13-14,18,21H,9H2,1-3H3/t13-,14+,17+/m1/s1. The Morgan fingerprint density at radius 2 is 2.04 bits per heavy atom. The maximum Gasteiger partial charge on any atom is 0.270 e. The SMILES string of the molecule is CC1(C)[C@@H]2C=C(NO)[C@@](C)([N+]([O-])=Cc3cccc([N+](=O)[O-])c3)C[C@@H]21. The summed E-state index contributed by atoms with van der Waals surface area (Å²) in [4.78, 5) is 10.4. The second-order valence-electron chi connectivity index (χ2n) is 7.43. The molecule has 0 aromatic heterocycles. The molecule has 0 spiro atoms. The summed E-state index contributed by atoms with van der Waals surface area (Å²) in [6.45, 7) is 6.07. The van der Waals surface area contributed by atoms with Crippen LogP contribution in [0.3, 0.4) is 0 Å². The number of nitrogens with one attached hydrogen (secondary N) is 1. The largest absolute Gasteiger partial charge is 0.623 e. The van der Waals surface area contributed by atoms with Gasteiger partial charge in [0.1, 0.15) is 5.70 Å². The van der Waals surface area contributed by atoms with Crippen LogP contribution in [0, 0.1) is 32.6 Å². The third-order valence-corrected chi connectivity index (χ3v) is 5.64. The number of nitrogens with zero attached hydrogens (tertiary/aromatic N) is 2. The summed E-state index contributed by atoms with van der Waals surface area (Å²) in [5.74, 6) is 0.737. The van der Waals surface area contributed by atoms with Crippen molar-refractivity contribution in [3.8, 4) is 0 Å². The van der Waals surface area contributed by atoms with Crippen molar-refractivity contribution in [2.75, 3.05) is 0 Å². The third-order valence-electron chi connectivity index (χ3n) is 5.64. The van der Waals surface area contributed by atoms with E-state index in [2.05, 4.69) is 19.3 Å². The van der Waals surface area contributed by atoms with E-state index in [-0.39, 0.29) is 11.1 Å². The number of hydroxylamine groups is 2. The Hall–Kier alpha value is -2.41. The lowest BCUT2D eigenvalue weighted by Gasteiger charge is -2.32. The molecule has 1 aromatic rings. The van der Waals surface area contributed by atoms with Gasteiger partial charge in [-0.3, -0.25) is 20.8 Å². The van der Waals surface area contributed by atoms with Gasteiger partial charge >= 0.3 is 0 Å². The lowest BCUT2D eigenvalue weighted by Crippen LogP contribution is -2.45. The number of benzene rings is 1. The van der Waals surface area contributed by atoms with E-state index < -0.39 is 10.5 Å². The van der Waals surface area contributed by atoms with Crippen LogP contribution in [0.5, 0.6) is 0 Å². The summed E-state index contributed by atoms with van der Waals surface area (Å²) < 4.78 is 0.783. The van der Waals surface area contributed by atoms with Gasteiger partial charge in [0.15, 0.2) is 6.21 Å². The normalized spacial score (nSPS) is 31.0. The zero-order valence-electron chi connectivity index (χ0n) is 13.9. The minimum Gasteiger partial charge on any atom is -0.623 e. The van der Waals surface area contributed by atoms with Crippen molar-refractivity contribution in [1.29, 1.82) is 0 Å². The van der Waals surface area contributed by atoms with E-state index >= 15 is 0 Å². The minimum atomic E-state index is -0.936. The Morgan fingerprint density at radius 1 is 1.33 bits per heavy atom. The minimum absolute atomic E-state index is 0.0645. The molecule has 1 fully saturated rings. The van der Waals surface area contributed by atoms with E-state index in [4.69, 9.17) is 0 Å². The lowest BCUT2D eigenvalue weighted by atomic mass is 9.86. The fraction of sp³-hybridized carbons (Fsp3) is 0.471. The molecule has 3 rings (SSSR count). The van der Waals surface area contributed by atoms with E-state index in [1.807, 2.05) is 6.08 Å². The first kappa shape index (κ1) is 16.4. The number of nitro benzene ring substituents is 1. The number of rotatable bonds is 4. The molecule has 0 unspecified atom stereocenters. The highest BCUT2D eigenvalue weighted by atomic mass is 16.6. The van der Waals surface area contributed by atoms with Crippen LogP contribution in [-0.2, 0) is 0 Å². The van der Waals surface area contributed by atoms with Crippen LogP contribution < -0.4 is 5.48 Å². The van der Waals surface area contributed by atoms with Crippen molar-refractivity contribution in [1.82, 2.24) is 5.48 Å². The summed E-state index contributed by atoms with van der Waals surface area (Å²) >= 11 is 0. The highest BCUT2D eigenvalue weighted by molar-refractivity contribution is 5.77. The molecule has 1 saturated carbocycles. The van der Waals surface area contributed by atoms with Crippen LogP contribution in [-0.4, -0.2) is 26.6 Å². The molecule has 2 N–H and O–H groups in total. The van der Waals surface area contributed by atoms with Crippen molar-refractivity contribution in [2.45, 2.75) is 32.7 Å². The predicted molar refractivity (Wildman–Crippen MR) is 88.7 cm³/mol. The summed E-state index contributed by atoms with van der Waals surface area (Å²) in [6.07, 6.45) is 3.88. The molecular formula is C17H21N3O4. The van der Waals surface area contributed by atoms with E-state index in [0.29, 0.717) is 29.5 Å². The van der Waals surface area contributed by atoms with Gasteiger partial charge in [-0.15, -0.1) is 0 Å². The smallest absolute Gasteiger partial charge is 0.270 e. The van der Waals surface area contributed by atoms with Gasteiger partial charge in [0, 0.05) is 31.0 Å². The molecule has 0 radical (unpaired) electrons. The van der Waals surface area contributed by atoms with Crippen molar-refractivity contribution in [3.63, 3.8) is 0 Å². The second-order valence-corrected chi connectivity index (χ2v) is 7.43. The number of non-ortho nitro benzene ring substituents is 1. The molecular weight excluding hydrogens is 310 g/mol. The van der Waals surface area contributed by atoms with Crippen LogP contribution >= 0.6 is 0 Å². The van der Waals surface area contributed by atoms with Crippen LogP contribution in [0.25, 0.3) is 0 Å². The van der Waals surface area contributed by atoms with Gasteiger partial charge in [0.05, 0.1) is 4.92 Å². The van der Waals surface area contributed by atoms with E-state index in [9.17, 15) is 20.5 Å². The summed E-state index contributed by atoms with van der Waals surface area (Å²) in [7, 11) is 0. The number of hydrogen-bond acceptors (Lipinski definition) is 5. The number of allylic oxidation sites excluding steroid dienone is 1. The highest BCUT2D eigenvalue weighted by Gasteiger charge is 2.63. The summed E-state index contributed by atoms with van der Waals surface area (Å²) in [6, 6.07) is 5.93. The molecule has 0 aliphatic heterocycles. The molecule has 128 valence electrons. The van der Waals surface area contributed by atoms with Crippen molar-refractivity contribution in [3.05, 3.63) is 56.9 Å². The monoisotopic (exact) mass is 331 g/mol. The Bertz CT molecular complexity index is 756. The van der Waals surface area contributed by atoms with Gasteiger partial charge in [-0.1, -0.05) is 26.0 Å². The van der Waals surface area contributed by atoms with E-state index in [1.54, 1.807) is 19.1 Å². The molecule has 0 amide bonds. The van der Waals surface area contributed by atoms with Crippen molar-refractivity contribution < 1.29 is 14.9 Å². The topological polar surface area (TPSA) is 101 Å². The number of nitro groups is 1. The fourth-order valence-corrected chi connectivity index (χ4v) is 3.77. The van der Waals surface area contributed by atoms with Crippen LogP contribution in [0.15, 0.2) is 36.0 Å². The molecule has 7 nitrogen and oxygen atoms in total. The Labute approximate surface area is 140 Å². The zero-order chi connectivity index (χ0) is 17.7. The molecule has 0 saturated heterocycles. The Morgan fingerprint density at radius 3 is 2.67 bits per heavy atom. The van der Waals surface area contributed by atoms with Gasteiger partial charge < -0.3 is 5.21 Å². The number of hydrogen-bond donors (Lipinski definition) is 2. The van der Waals surface area contributed by atoms with Gasteiger partial charge in [0.25, 0.3) is 5.69 Å². The first-order valence-electron chi connectivity index (χ1n) is 7.88. The first-order valence-corrected chi connectivity index (χ1v) is 7.88. The van der Waals surface area contributed by atoms with Crippen LogP contribution in [0.4, 0.5) is 5.69 Å². The molecule has 2 aliphatic rings. The van der Waals surface area contributed by atoms with E-state index in [1.165, 1.54) is 18.3 Å². The maximum atomic E-state index is 12.8. The van der Waals surface area contributed by atoms with Gasteiger partial charge in [-0.25, -0.2) is 4.74 Å². The van der Waals surface area contributed by atoms with Crippen LogP contribution in [0.2, 0.25) is 0 Å². The van der Waals surface area contributed by atoms with Crippen molar-refractivity contribution in [2.24, 2.45) is 17.3 Å². The van der Waals surface area contributed by atoms with Gasteiger partial charge in [-0.05, 0) is 23.3 Å². The average Bonchev–Trinajstić information content (AvgIpc) is 3.06. The fourth-order valence-electron chi connectivity index (χ4n) is 3.77. The molecule has 2 aliphatic carbocycles. The second kappa shape index (κ2) is 5.31. The third kappa shape index (κ3) is 2.45. The van der Waals surface area contributed by atoms with Crippen LogP contribution in [0.1, 0.15) is 32.8 Å². The molecule has 1 aromatic carbocycles. The average molecular weight is 331 g/mol. The quantitative estimate of drug-likeness (QED) is 0.290. The van der Waals surface area contributed by atoms with E-state index in [0.717, 1.165) is 4.74 Å². The molecule has 24 heavy (non-hydrogen) atoms. The summed E-state index contributed by atoms with van der Waals surface area (Å²) in [5.41, 5.74) is 2.22. The lowest BCUT2D eigenvalue weighted by molar-refractivity contribution is -0.533. The van der Waals surface area contributed by atoms with Crippen molar-refractivity contribution >= 4 is 11.9 Å². The molecule has 0 bridgehead atoms.